The van der Waals surface area contributed by atoms with Crippen LogP contribution in [0.5, 0.6) is 0 Å². The molecule has 0 aromatic rings. The minimum Gasteiger partial charge on any atom is -0.463 e. The lowest BCUT2D eigenvalue weighted by Crippen LogP contribution is -2.61. The van der Waals surface area contributed by atoms with Gasteiger partial charge in [0.25, 0.3) is 0 Å². The van der Waals surface area contributed by atoms with Crippen LogP contribution >= 0.6 is 0 Å². The van der Waals surface area contributed by atoms with Gasteiger partial charge in [-0.3, -0.25) is 9.69 Å². The van der Waals surface area contributed by atoms with Gasteiger partial charge in [0, 0.05) is 32.2 Å². The Labute approximate surface area is 392 Å². The Morgan fingerprint density at radius 3 is 1.03 bits per heavy atom. The first-order valence-corrected chi connectivity index (χ1v) is 26.8. The Balaban J connectivity index is 0.943. The molecular weight excluding hydrogens is 861 g/mol. The average molecular weight is 946 g/mol. The van der Waals surface area contributed by atoms with E-state index in [9.17, 15) is 35.9 Å². The third-order valence-corrected chi connectivity index (χ3v) is 19.7. The predicted octanol–water partition coefficient (Wildman–Crippen LogP) is 14.7. The van der Waals surface area contributed by atoms with Crippen LogP contribution in [0.4, 0.5) is 31.1 Å². The molecule has 0 aromatic heterocycles. The molecule has 0 spiro atoms. The number of carbonyl (C=O) groups is 2. The topological polar surface area (TPSA) is 74.3 Å². The monoisotopic (exact) mass is 946 g/mol. The quantitative estimate of drug-likeness (QED) is 0.142. The number of nitrogens with zero attached hydrogens (tertiary/aromatic N) is 1. The minimum atomic E-state index is -5.53. The van der Waals surface area contributed by atoms with Crippen LogP contribution in [0.3, 0.4) is 0 Å². The fourth-order valence-corrected chi connectivity index (χ4v) is 15.9. The number of esters is 1. The molecule has 1 atom stereocenters. The molecule has 7 rings (SSSR count). The highest BCUT2D eigenvalue weighted by atomic mass is 19.4. The second kappa shape index (κ2) is 22.1. The van der Waals surface area contributed by atoms with Gasteiger partial charge in [-0.15, -0.1) is 0 Å². The molecule has 0 saturated heterocycles. The van der Waals surface area contributed by atoms with E-state index in [2.05, 4.69) is 25.7 Å². The second-order valence-electron chi connectivity index (χ2n) is 23.2. The number of carbonyl (C=O) groups excluding carboxylic acids is 2. The standard InChI is InChI=1S/C53H85F6NO6/c1-34-6-20-42(21-7-34)60(43-22-8-35(2)9-23-43)44-24-10-37(11-25-44)50(4,38-12-26-45(63-5)27-13-38)39-14-28-47(29-15-39)65-49(62)66-48-32-18-41(19-33-48)51(52(54,55)56,53(57,58)59)40-16-30-46(31-17-40)64-36(3)61/h34-35,37-48H,6-33H2,1-5H3. The highest BCUT2D eigenvalue weighted by molar-refractivity contribution is 5.66. The van der Waals surface area contributed by atoms with Crippen LogP contribution in [0, 0.1) is 52.3 Å². The molecule has 0 amide bonds. The summed E-state index contributed by atoms with van der Waals surface area (Å²) in [5, 5.41) is 0. The first-order chi connectivity index (χ1) is 31.3. The fourth-order valence-electron chi connectivity index (χ4n) is 15.9. The highest BCUT2D eigenvalue weighted by Crippen LogP contribution is 2.65. The van der Waals surface area contributed by atoms with Crippen LogP contribution in [-0.4, -0.2) is 79.0 Å². The summed E-state index contributed by atoms with van der Waals surface area (Å²) >= 11 is 0. The van der Waals surface area contributed by atoms with E-state index in [1.54, 1.807) is 0 Å². The van der Waals surface area contributed by atoms with Crippen LogP contribution < -0.4 is 0 Å². The van der Waals surface area contributed by atoms with E-state index in [-0.39, 0.29) is 62.9 Å². The lowest BCUT2D eigenvalue weighted by molar-refractivity contribution is -0.382. The first-order valence-electron chi connectivity index (χ1n) is 26.8. The molecule has 7 fully saturated rings. The maximum Gasteiger partial charge on any atom is 0.508 e. The highest BCUT2D eigenvalue weighted by Gasteiger charge is 2.76. The zero-order valence-corrected chi connectivity index (χ0v) is 41.0. The normalized spacial score (nSPS) is 38.8. The zero-order valence-electron chi connectivity index (χ0n) is 41.0. The SMILES string of the molecule is COC1CCC(C(C)(C2CCC(OC(=O)OC3CCC(C(C4CCC(OC(C)=O)CC4)(C(F)(F)F)C(F)(F)F)CC3)CC2)C2CCC(N(C3CCC(C)CC3)C3CCC(C)CC3)CC2)CC1. The summed E-state index contributed by atoms with van der Waals surface area (Å²) in [6, 6.07) is 2.14. The Hall–Kier alpha value is -1.76. The number of halogens is 6. The number of methoxy groups -OCH3 is 1. The molecule has 380 valence electrons. The number of hydrogen-bond acceptors (Lipinski definition) is 7. The summed E-state index contributed by atoms with van der Waals surface area (Å²) < 4.78 is 112. The Morgan fingerprint density at radius 1 is 0.424 bits per heavy atom. The van der Waals surface area contributed by atoms with Gasteiger partial charge in [0.05, 0.1) is 6.10 Å². The van der Waals surface area contributed by atoms with Crippen molar-refractivity contribution in [3.05, 3.63) is 0 Å². The van der Waals surface area contributed by atoms with Gasteiger partial charge in [0.15, 0.2) is 5.41 Å². The van der Waals surface area contributed by atoms with Crippen molar-refractivity contribution in [1.29, 1.82) is 0 Å². The van der Waals surface area contributed by atoms with E-state index in [1.165, 1.54) is 96.8 Å². The van der Waals surface area contributed by atoms with Gasteiger partial charge < -0.3 is 18.9 Å². The van der Waals surface area contributed by atoms with Gasteiger partial charge >= 0.3 is 24.5 Å². The van der Waals surface area contributed by atoms with Crippen molar-refractivity contribution in [2.45, 2.75) is 262 Å². The van der Waals surface area contributed by atoms with Gasteiger partial charge in [0.1, 0.15) is 18.3 Å². The zero-order chi connectivity index (χ0) is 47.4. The lowest BCUT2D eigenvalue weighted by Gasteiger charge is -2.56. The number of alkyl halides is 6. The predicted molar refractivity (Wildman–Crippen MR) is 242 cm³/mol. The van der Waals surface area contributed by atoms with Gasteiger partial charge in [0.2, 0.25) is 0 Å². The molecule has 7 nitrogen and oxygen atoms in total. The molecule has 0 N–H and O–H groups in total. The van der Waals surface area contributed by atoms with Crippen LogP contribution in [-0.2, 0) is 23.7 Å². The Morgan fingerprint density at radius 2 is 0.712 bits per heavy atom. The van der Waals surface area contributed by atoms with E-state index in [0.717, 1.165) is 62.4 Å². The molecule has 7 aliphatic carbocycles. The van der Waals surface area contributed by atoms with Gasteiger partial charge in [-0.05, 0) is 227 Å². The van der Waals surface area contributed by atoms with Crippen molar-refractivity contribution in [3.63, 3.8) is 0 Å². The van der Waals surface area contributed by atoms with E-state index < -0.39 is 53.9 Å². The van der Waals surface area contributed by atoms with E-state index >= 15 is 0 Å². The summed E-state index contributed by atoms with van der Waals surface area (Å²) in [6.45, 7) is 8.65. The molecule has 0 aliphatic heterocycles. The molecule has 13 heteroatoms. The number of hydrogen-bond donors (Lipinski definition) is 0. The summed E-state index contributed by atoms with van der Waals surface area (Å²) in [4.78, 5) is 27.8. The molecule has 66 heavy (non-hydrogen) atoms. The van der Waals surface area contributed by atoms with E-state index in [0.29, 0.717) is 29.9 Å². The largest absolute Gasteiger partial charge is 0.508 e. The maximum absolute atomic E-state index is 14.9. The molecular formula is C53H85F6NO6. The molecule has 0 heterocycles. The molecule has 0 radical (unpaired) electrons. The molecule has 7 aliphatic rings. The number of ether oxygens (including phenoxy) is 4. The van der Waals surface area contributed by atoms with Gasteiger partial charge in [-0.1, -0.05) is 20.8 Å². The number of rotatable bonds is 12. The van der Waals surface area contributed by atoms with Crippen molar-refractivity contribution in [2.75, 3.05) is 7.11 Å². The second-order valence-corrected chi connectivity index (χ2v) is 23.2. The summed E-state index contributed by atoms with van der Waals surface area (Å²) in [5.41, 5.74) is -3.72. The Bertz CT molecular complexity index is 1480. The van der Waals surface area contributed by atoms with Crippen molar-refractivity contribution >= 4 is 12.1 Å². The third-order valence-electron chi connectivity index (χ3n) is 19.7. The van der Waals surface area contributed by atoms with Crippen LogP contribution in [0.2, 0.25) is 0 Å². The molecule has 0 aromatic carbocycles. The minimum absolute atomic E-state index is 0.0431. The molecule has 0 bridgehead atoms. The van der Waals surface area contributed by atoms with Gasteiger partial charge in [-0.2, -0.15) is 26.3 Å². The van der Waals surface area contributed by atoms with Crippen LogP contribution in [0.1, 0.15) is 207 Å². The summed E-state index contributed by atoms with van der Waals surface area (Å²) in [7, 11) is 1.84. The van der Waals surface area contributed by atoms with Gasteiger partial charge in [-0.25, -0.2) is 4.79 Å². The Kier molecular flexibility index (Phi) is 17.5. The van der Waals surface area contributed by atoms with Crippen molar-refractivity contribution in [1.82, 2.24) is 4.90 Å². The summed E-state index contributed by atoms with van der Waals surface area (Å²) in [5.74, 6) is -0.530. The summed E-state index contributed by atoms with van der Waals surface area (Å²) in [6.07, 6.45) is 8.73. The van der Waals surface area contributed by atoms with Crippen molar-refractivity contribution < 1.29 is 54.9 Å². The smallest absolute Gasteiger partial charge is 0.463 e. The lowest BCUT2D eigenvalue weighted by atomic mass is 9.52. The fraction of sp³-hybridized carbons (Fsp3) is 0.962. The average Bonchev–Trinajstić information content (AvgIpc) is 3.28. The van der Waals surface area contributed by atoms with Crippen molar-refractivity contribution in [3.8, 4) is 0 Å². The maximum atomic E-state index is 14.9. The van der Waals surface area contributed by atoms with E-state index in [1.807, 2.05) is 7.11 Å². The third kappa shape index (κ3) is 11.5. The first kappa shape index (κ1) is 52.1. The molecule has 1 unspecified atom stereocenters. The molecule has 7 saturated carbocycles. The van der Waals surface area contributed by atoms with Crippen LogP contribution in [0.25, 0.3) is 0 Å². The van der Waals surface area contributed by atoms with Crippen LogP contribution in [0.15, 0.2) is 0 Å². The van der Waals surface area contributed by atoms with Crippen molar-refractivity contribution in [2.24, 2.45) is 52.3 Å². The van der Waals surface area contributed by atoms with E-state index in [4.69, 9.17) is 18.9 Å².